The molecule has 2 aromatic rings. The second-order valence-corrected chi connectivity index (χ2v) is 10.1. The fourth-order valence-electron chi connectivity index (χ4n) is 4.20. The van der Waals surface area contributed by atoms with Crippen LogP contribution in [0.25, 0.3) is 0 Å². The maximum Gasteiger partial charge on any atom is 0.174 e. The standard InChI is InChI=1S/C30H36O6/c1-16(2)7-10-19-11-14-20(29(35)26(19)32)24-15-23(31)25-28(34)21(12-8-17(3)4)27(33)22(30(25)36-24)13-9-18(5)6/h7-9,11,14,24,32-35H,10,12-13,15H2,1-6H3. The van der Waals surface area contributed by atoms with E-state index in [0.29, 0.717) is 24.0 Å². The molecule has 0 amide bonds. The topological polar surface area (TPSA) is 107 Å². The summed E-state index contributed by atoms with van der Waals surface area (Å²) in [6.07, 6.45) is 5.75. The first-order chi connectivity index (χ1) is 16.9. The van der Waals surface area contributed by atoms with E-state index in [0.717, 1.165) is 16.7 Å². The predicted molar refractivity (Wildman–Crippen MR) is 141 cm³/mol. The fraction of sp³-hybridized carbons (Fsp3) is 0.367. The first kappa shape index (κ1) is 26.9. The third-order valence-electron chi connectivity index (χ3n) is 6.28. The zero-order chi connectivity index (χ0) is 26.7. The van der Waals surface area contributed by atoms with Crippen molar-refractivity contribution in [1.29, 1.82) is 0 Å². The van der Waals surface area contributed by atoms with E-state index in [1.54, 1.807) is 12.1 Å². The third kappa shape index (κ3) is 5.59. The first-order valence-electron chi connectivity index (χ1n) is 12.2. The van der Waals surface area contributed by atoms with Gasteiger partial charge >= 0.3 is 0 Å². The highest BCUT2D eigenvalue weighted by molar-refractivity contribution is 6.04. The van der Waals surface area contributed by atoms with E-state index in [-0.39, 0.29) is 64.1 Å². The van der Waals surface area contributed by atoms with E-state index >= 15 is 0 Å². The van der Waals surface area contributed by atoms with Crippen LogP contribution in [0, 0.1) is 0 Å². The number of aromatic hydroxyl groups is 4. The highest BCUT2D eigenvalue weighted by Gasteiger charge is 2.36. The molecule has 0 saturated carbocycles. The molecule has 1 unspecified atom stereocenters. The van der Waals surface area contributed by atoms with Crippen molar-refractivity contribution in [2.75, 3.05) is 0 Å². The van der Waals surface area contributed by atoms with E-state index < -0.39 is 6.10 Å². The summed E-state index contributed by atoms with van der Waals surface area (Å²) in [5, 5.41) is 43.5. The minimum atomic E-state index is -0.888. The van der Waals surface area contributed by atoms with Crippen LogP contribution >= 0.6 is 0 Å². The van der Waals surface area contributed by atoms with Crippen LogP contribution in [0.15, 0.2) is 47.1 Å². The van der Waals surface area contributed by atoms with Crippen molar-refractivity contribution < 1.29 is 30.0 Å². The van der Waals surface area contributed by atoms with Crippen LogP contribution in [-0.4, -0.2) is 26.2 Å². The molecule has 192 valence electrons. The van der Waals surface area contributed by atoms with E-state index in [1.807, 2.05) is 59.8 Å². The van der Waals surface area contributed by atoms with Crippen LogP contribution < -0.4 is 4.74 Å². The maximum absolute atomic E-state index is 13.3. The zero-order valence-electron chi connectivity index (χ0n) is 21.9. The Morgan fingerprint density at radius 2 is 1.33 bits per heavy atom. The molecule has 0 aromatic heterocycles. The van der Waals surface area contributed by atoms with Crippen molar-refractivity contribution in [1.82, 2.24) is 0 Å². The number of hydrogen-bond donors (Lipinski definition) is 4. The number of fused-ring (bicyclic) bond motifs is 1. The van der Waals surface area contributed by atoms with E-state index in [1.165, 1.54) is 0 Å². The molecule has 3 rings (SSSR count). The molecule has 1 aliphatic rings. The number of hydrogen-bond acceptors (Lipinski definition) is 6. The molecule has 0 spiro atoms. The number of Topliss-reactive ketones (excluding diaryl/α,β-unsaturated/α-hetero) is 1. The van der Waals surface area contributed by atoms with Crippen LogP contribution in [0.5, 0.6) is 28.7 Å². The van der Waals surface area contributed by atoms with Gasteiger partial charge < -0.3 is 25.2 Å². The minimum absolute atomic E-state index is 0.0438. The molecule has 36 heavy (non-hydrogen) atoms. The summed E-state index contributed by atoms with van der Waals surface area (Å²) in [6.45, 7) is 11.6. The molecule has 0 saturated heterocycles. The summed E-state index contributed by atoms with van der Waals surface area (Å²) in [4.78, 5) is 13.3. The van der Waals surface area contributed by atoms with Crippen molar-refractivity contribution in [3.05, 3.63) is 74.9 Å². The van der Waals surface area contributed by atoms with Gasteiger partial charge in [0.05, 0.1) is 6.42 Å². The summed E-state index contributed by atoms with van der Waals surface area (Å²) < 4.78 is 6.20. The van der Waals surface area contributed by atoms with Gasteiger partial charge in [0, 0.05) is 22.3 Å². The lowest BCUT2D eigenvalue weighted by Gasteiger charge is -2.30. The summed E-state index contributed by atoms with van der Waals surface area (Å²) >= 11 is 0. The maximum atomic E-state index is 13.3. The van der Waals surface area contributed by atoms with Crippen LogP contribution in [0.3, 0.4) is 0 Å². The van der Waals surface area contributed by atoms with Crippen molar-refractivity contribution in [2.45, 2.75) is 73.3 Å². The molecule has 6 heteroatoms. The quantitative estimate of drug-likeness (QED) is 0.252. The van der Waals surface area contributed by atoms with E-state index in [2.05, 4.69) is 0 Å². The van der Waals surface area contributed by atoms with Crippen molar-refractivity contribution in [3.8, 4) is 28.7 Å². The molecular formula is C30H36O6. The Hall–Kier alpha value is -3.67. The van der Waals surface area contributed by atoms with Gasteiger partial charge in [-0.25, -0.2) is 0 Å². The Morgan fingerprint density at radius 3 is 1.92 bits per heavy atom. The molecule has 0 radical (unpaired) electrons. The van der Waals surface area contributed by atoms with Crippen molar-refractivity contribution in [2.24, 2.45) is 0 Å². The van der Waals surface area contributed by atoms with Crippen molar-refractivity contribution >= 4 is 5.78 Å². The van der Waals surface area contributed by atoms with Gasteiger partial charge in [-0.15, -0.1) is 0 Å². The van der Waals surface area contributed by atoms with Gasteiger partial charge in [-0.05, 0) is 60.8 Å². The number of allylic oxidation sites excluding steroid dienone is 6. The average molecular weight is 493 g/mol. The highest BCUT2D eigenvalue weighted by Crippen LogP contribution is 2.50. The van der Waals surface area contributed by atoms with Crippen molar-refractivity contribution in [3.63, 3.8) is 0 Å². The molecule has 1 aliphatic heterocycles. The highest BCUT2D eigenvalue weighted by atomic mass is 16.5. The average Bonchev–Trinajstić information content (AvgIpc) is 2.78. The smallest absolute Gasteiger partial charge is 0.174 e. The van der Waals surface area contributed by atoms with Gasteiger partial charge in [-0.2, -0.15) is 0 Å². The molecule has 0 fully saturated rings. The van der Waals surface area contributed by atoms with Gasteiger partial charge in [0.15, 0.2) is 17.3 Å². The number of rotatable bonds is 7. The fourth-order valence-corrected chi connectivity index (χ4v) is 4.20. The van der Waals surface area contributed by atoms with Gasteiger partial charge in [0.2, 0.25) is 0 Å². The van der Waals surface area contributed by atoms with Gasteiger partial charge in [0.1, 0.15) is 28.9 Å². The number of carbonyl (C=O) groups excluding carboxylic acids is 1. The number of phenolic OH excluding ortho intramolecular Hbond substituents is 4. The first-order valence-corrected chi connectivity index (χ1v) is 12.2. The van der Waals surface area contributed by atoms with Crippen LogP contribution in [0.1, 0.15) is 86.7 Å². The van der Waals surface area contributed by atoms with Crippen LogP contribution in [-0.2, 0) is 19.3 Å². The van der Waals surface area contributed by atoms with Gasteiger partial charge in [-0.3, -0.25) is 4.79 Å². The second-order valence-electron chi connectivity index (χ2n) is 10.1. The lowest BCUT2D eigenvalue weighted by atomic mass is 9.88. The predicted octanol–water partition coefficient (Wildman–Crippen LogP) is 6.74. The Morgan fingerprint density at radius 1 is 0.778 bits per heavy atom. The molecule has 0 bridgehead atoms. The molecule has 0 aliphatic carbocycles. The largest absolute Gasteiger partial charge is 0.507 e. The number of carbonyl (C=O) groups is 1. The summed E-state index contributed by atoms with van der Waals surface area (Å²) in [5.74, 6) is -1.23. The monoisotopic (exact) mass is 492 g/mol. The van der Waals surface area contributed by atoms with Crippen LogP contribution in [0.4, 0.5) is 0 Å². The molecule has 1 atom stereocenters. The summed E-state index contributed by atoms with van der Waals surface area (Å²) in [7, 11) is 0. The van der Waals surface area contributed by atoms with Crippen LogP contribution in [0.2, 0.25) is 0 Å². The Bertz CT molecular complexity index is 1270. The molecular weight excluding hydrogens is 456 g/mol. The zero-order valence-corrected chi connectivity index (χ0v) is 21.9. The summed E-state index contributed by atoms with van der Waals surface area (Å²) in [6, 6.07) is 3.35. The molecule has 1 heterocycles. The van der Waals surface area contributed by atoms with Gasteiger partial charge in [0.25, 0.3) is 0 Å². The normalized spacial score (nSPS) is 14.5. The number of phenols is 4. The Kier molecular flexibility index (Phi) is 8.18. The second kappa shape index (κ2) is 10.9. The lowest BCUT2D eigenvalue weighted by molar-refractivity contribution is 0.0838. The Balaban J connectivity index is 2.12. The molecule has 6 nitrogen and oxygen atoms in total. The van der Waals surface area contributed by atoms with Gasteiger partial charge in [-0.1, -0.05) is 47.1 Å². The summed E-state index contributed by atoms with van der Waals surface area (Å²) in [5.41, 5.74) is 4.69. The SMILES string of the molecule is CC(C)=CCc1ccc(C2CC(=O)c3c(O)c(CC=C(C)C)c(O)c(CC=C(C)C)c3O2)c(O)c1O. The number of benzene rings is 2. The van der Waals surface area contributed by atoms with E-state index in [4.69, 9.17) is 4.74 Å². The third-order valence-corrected chi connectivity index (χ3v) is 6.28. The molecule has 2 aromatic carbocycles. The Labute approximate surface area is 212 Å². The molecule has 4 N–H and O–H groups in total. The van der Waals surface area contributed by atoms with E-state index in [9.17, 15) is 25.2 Å². The lowest BCUT2D eigenvalue weighted by Crippen LogP contribution is -2.22. The number of ether oxygens (including phenoxy) is 1. The minimum Gasteiger partial charge on any atom is -0.507 e. The number of ketones is 1.